The fourth-order valence-corrected chi connectivity index (χ4v) is 7.18. The molecule has 0 aliphatic carbocycles. The van der Waals surface area contributed by atoms with Crippen LogP contribution in [0.4, 0.5) is 17.1 Å². The Balaban J connectivity index is 1.29. The van der Waals surface area contributed by atoms with Gasteiger partial charge < -0.3 is 9.47 Å². The summed E-state index contributed by atoms with van der Waals surface area (Å²) < 4.78 is 2.44. The lowest BCUT2D eigenvalue weighted by molar-refractivity contribution is 1.15. The molecule has 0 saturated heterocycles. The maximum atomic E-state index is 2.44. The number of benzene rings is 8. The molecule has 0 bridgehead atoms. The van der Waals surface area contributed by atoms with Crippen LogP contribution < -0.4 is 4.90 Å². The Hall–Kier alpha value is -6.64. The Labute approximate surface area is 292 Å². The quantitative estimate of drug-likeness (QED) is 0.169. The first-order chi connectivity index (χ1) is 24.8. The van der Waals surface area contributed by atoms with Gasteiger partial charge in [0, 0.05) is 22.1 Å². The molecule has 236 valence electrons. The molecule has 0 atom stereocenters. The molecule has 0 aliphatic rings. The lowest BCUT2D eigenvalue weighted by atomic mass is 10.0. The van der Waals surface area contributed by atoms with Gasteiger partial charge in [0.2, 0.25) is 0 Å². The van der Waals surface area contributed by atoms with E-state index in [2.05, 4.69) is 216 Å². The van der Waals surface area contributed by atoms with Crippen LogP contribution in [0.1, 0.15) is 0 Å². The lowest BCUT2D eigenvalue weighted by Gasteiger charge is -2.29. The summed E-state index contributed by atoms with van der Waals surface area (Å²) in [5.74, 6) is 0. The van der Waals surface area contributed by atoms with Gasteiger partial charge in [-0.3, -0.25) is 0 Å². The van der Waals surface area contributed by atoms with Crippen LogP contribution in [-0.2, 0) is 0 Å². The van der Waals surface area contributed by atoms with Crippen LogP contribution in [0.2, 0.25) is 0 Å². The zero-order chi connectivity index (χ0) is 33.3. The fourth-order valence-electron chi connectivity index (χ4n) is 7.18. The third kappa shape index (κ3) is 5.34. The molecule has 0 spiro atoms. The molecule has 1 heterocycles. The van der Waals surface area contributed by atoms with E-state index < -0.39 is 0 Å². The van der Waals surface area contributed by atoms with Crippen molar-refractivity contribution in [2.75, 3.05) is 4.90 Å². The highest BCUT2D eigenvalue weighted by atomic mass is 15.2. The van der Waals surface area contributed by atoms with Gasteiger partial charge in [-0.2, -0.15) is 0 Å². The van der Waals surface area contributed by atoms with Crippen molar-refractivity contribution in [1.82, 2.24) is 4.57 Å². The van der Waals surface area contributed by atoms with E-state index in [9.17, 15) is 0 Å². The summed E-state index contributed by atoms with van der Waals surface area (Å²) in [6, 6.07) is 74.1. The molecule has 2 nitrogen and oxygen atoms in total. The Kier molecular flexibility index (Phi) is 7.53. The number of anilines is 3. The van der Waals surface area contributed by atoms with E-state index in [0.717, 1.165) is 22.7 Å². The summed E-state index contributed by atoms with van der Waals surface area (Å²) in [7, 11) is 0. The molecule has 0 radical (unpaired) electrons. The lowest BCUT2D eigenvalue weighted by Crippen LogP contribution is -2.13. The third-order valence-corrected chi connectivity index (χ3v) is 9.61. The van der Waals surface area contributed by atoms with Crippen LogP contribution in [0.5, 0.6) is 0 Å². The van der Waals surface area contributed by atoms with Crippen LogP contribution in [-0.4, -0.2) is 4.57 Å². The van der Waals surface area contributed by atoms with Gasteiger partial charge in [0.05, 0.1) is 22.4 Å². The average Bonchev–Trinajstić information content (AvgIpc) is 3.54. The molecule has 2 heteroatoms. The highest BCUT2D eigenvalue weighted by molar-refractivity contribution is 6.10. The summed E-state index contributed by atoms with van der Waals surface area (Å²) in [6.45, 7) is 0. The second-order valence-electron chi connectivity index (χ2n) is 12.6. The standard InChI is InChI=1S/C48H34N2/c1-4-14-35(15-5-1)38-24-29-41(30-25-38)49(42-31-26-39(27-32-42)36-16-6-2-7-17-36)47-33-28-40(37-18-8-3-9-19-37)34-48(47)50-45-22-12-10-20-43(45)44-21-11-13-23-46(44)50/h1-34H. The van der Waals surface area contributed by atoms with E-state index in [0.29, 0.717) is 0 Å². The Morgan fingerprint density at radius 1 is 0.300 bits per heavy atom. The van der Waals surface area contributed by atoms with E-state index >= 15 is 0 Å². The van der Waals surface area contributed by atoms with Gasteiger partial charge in [-0.15, -0.1) is 0 Å². The minimum atomic E-state index is 1.09. The second-order valence-corrected chi connectivity index (χ2v) is 12.6. The Bertz CT molecular complexity index is 2410. The van der Waals surface area contributed by atoms with Crippen LogP contribution in [0.15, 0.2) is 206 Å². The van der Waals surface area contributed by atoms with Gasteiger partial charge in [-0.1, -0.05) is 158 Å². The van der Waals surface area contributed by atoms with Crippen molar-refractivity contribution < 1.29 is 0 Å². The summed E-state index contributed by atoms with van der Waals surface area (Å²) in [4.78, 5) is 2.40. The average molecular weight is 639 g/mol. The summed E-state index contributed by atoms with van der Waals surface area (Å²) >= 11 is 0. The van der Waals surface area contributed by atoms with E-state index in [1.807, 2.05) is 0 Å². The van der Waals surface area contributed by atoms with Gasteiger partial charge in [-0.25, -0.2) is 0 Å². The van der Waals surface area contributed by atoms with Crippen LogP contribution >= 0.6 is 0 Å². The van der Waals surface area contributed by atoms with Crippen LogP contribution in [0.3, 0.4) is 0 Å². The topological polar surface area (TPSA) is 8.17 Å². The molecular formula is C48H34N2. The highest BCUT2D eigenvalue weighted by Gasteiger charge is 2.21. The van der Waals surface area contributed by atoms with Gasteiger partial charge >= 0.3 is 0 Å². The first-order valence-corrected chi connectivity index (χ1v) is 17.1. The number of fused-ring (bicyclic) bond motifs is 3. The normalized spacial score (nSPS) is 11.2. The van der Waals surface area contributed by atoms with Crippen molar-refractivity contribution in [3.8, 4) is 39.1 Å². The molecule has 0 unspecified atom stereocenters. The maximum absolute atomic E-state index is 2.44. The van der Waals surface area contributed by atoms with Crippen molar-refractivity contribution in [2.24, 2.45) is 0 Å². The van der Waals surface area contributed by atoms with Gasteiger partial charge in [0.1, 0.15) is 0 Å². The molecule has 8 aromatic carbocycles. The van der Waals surface area contributed by atoms with E-state index in [1.165, 1.54) is 55.2 Å². The molecule has 50 heavy (non-hydrogen) atoms. The van der Waals surface area contributed by atoms with E-state index in [-0.39, 0.29) is 0 Å². The summed E-state index contributed by atoms with van der Waals surface area (Å²) in [5.41, 5.74) is 13.9. The molecule has 0 N–H and O–H groups in total. The molecule has 9 aromatic rings. The second kappa shape index (κ2) is 12.8. The van der Waals surface area contributed by atoms with E-state index in [4.69, 9.17) is 0 Å². The van der Waals surface area contributed by atoms with Crippen molar-refractivity contribution in [3.63, 3.8) is 0 Å². The zero-order valence-corrected chi connectivity index (χ0v) is 27.5. The Morgan fingerprint density at radius 2 is 0.660 bits per heavy atom. The molecular weight excluding hydrogens is 605 g/mol. The van der Waals surface area contributed by atoms with Crippen molar-refractivity contribution in [2.45, 2.75) is 0 Å². The molecule has 1 aromatic heterocycles. The van der Waals surface area contributed by atoms with Crippen molar-refractivity contribution in [1.29, 1.82) is 0 Å². The predicted octanol–water partition coefficient (Wildman–Crippen LogP) is 13.3. The highest BCUT2D eigenvalue weighted by Crippen LogP contribution is 2.44. The van der Waals surface area contributed by atoms with Gasteiger partial charge in [-0.05, 0) is 81.9 Å². The number of hydrogen-bond acceptors (Lipinski definition) is 1. The molecule has 0 saturated carbocycles. The summed E-state index contributed by atoms with van der Waals surface area (Å²) in [5, 5.41) is 2.48. The maximum Gasteiger partial charge on any atom is 0.0709 e. The van der Waals surface area contributed by atoms with Crippen molar-refractivity contribution in [3.05, 3.63) is 206 Å². The van der Waals surface area contributed by atoms with Crippen LogP contribution in [0, 0.1) is 0 Å². The number of para-hydroxylation sites is 2. The minimum absolute atomic E-state index is 1.09. The van der Waals surface area contributed by atoms with Gasteiger partial charge in [0.15, 0.2) is 0 Å². The Morgan fingerprint density at radius 3 is 1.12 bits per heavy atom. The first kappa shape index (κ1) is 29.5. The van der Waals surface area contributed by atoms with Gasteiger partial charge in [0.25, 0.3) is 0 Å². The van der Waals surface area contributed by atoms with E-state index in [1.54, 1.807) is 0 Å². The molecule has 0 amide bonds. The zero-order valence-electron chi connectivity index (χ0n) is 27.5. The predicted molar refractivity (Wildman–Crippen MR) is 212 cm³/mol. The number of aromatic nitrogens is 1. The SMILES string of the molecule is c1ccc(-c2ccc(N(c3ccc(-c4ccccc4)cc3)c3ccc(-c4ccccc4)cc3-n3c4ccccc4c4ccccc43)cc2)cc1. The fraction of sp³-hybridized carbons (Fsp3) is 0. The third-order valence-electron chi connectivity index (χ3n) is 9.61. The van der Waals surface area contributed by atoms with Crippen molar-refractivity contribution >= 4 is 38.9 Å². The largest absolute Gasteiger partial charge is 0.308 e. The number of hydrogen-bond donors (Lipinski definition) is 0. The molecule has 0 fully saturated rings. The number of nitrogens with zero attached hydrogens (tertiary/aromatic N) is 2. The smallest absolute Gasteiger partial charge is 0.0709 e. The molecule has 0 aliphatic heterocycles. The summed E-state index contributed by atoms with van der Waals surface area (Å²) in [6.07, 6.45) is 0. The number of rotatable bonds is 7. The monoisotopic (exact) mass is 638 g/mol. The van der Waals surface area contributed by atoms with Crippen LogP contribution in [0.25, 0.3) is 60.9 Å². The minimum Gasteiger partial charge on any atom is -0.308 e. The first-order valence-electron chi connectivity index (χ1n) is 17.1. The molecule has 9 rings (SSSR count).